The van der Waals surface area contributed by atoms with Crippen LogP contribution in [0, 0.1) is 64.0 Å². The molecule has 0 spiro atoms. The molecule has 3 rings (SSSR count). The molecular weight excluding hydrogens is 747 g/mol. The standard InChI is InChI=1S/C31H37N5O8.3CH3.Ce/c1-30(2,3)43-26(38)24-21(15-12-16-22(24)42-8)33-23-17-20(18-35(7)25(37)19-13-10-9-11-14-19)32-27(34-23)36(28(39)40)29(41)44-31(4,5)6;;;;/h9-17H,18H2,1-8H3,(H,39,40)(H,32,33,34);3*1H3;/q;3*-1;+3. The van der Waals surface area contributed by atoms with Crippen molar-refractivity contribution in [3.8, 4) is 5.75 Å². The summed E-state index contributed by atoms with van der Waals surface area (Å²) < 4.78 is 16.3. The molecule has 0 aliphatic carbocycles. The van der Waals surface area contributed by atoms with Crippen LogP contribution in [-0.4, -0.2) is 69.4 Å². The van der Waals surface area contributed by atoms with E-state index in [1.165, 1.54) is 18.1 Å². The second-order valence-corrected chi connectivity index (χ2v) is 11.7. The van der Waals surface area contributed by atoms with Crippen molar-refractivity contribution in [2.24, 2.45) is 0 Å². The van der Waals surface area contributed by atoms with Crippen LogP contribution in [0.3, 0.4) is 0 Å². The Morgan fingerprint density at radius 2 is 1.44 bits per heavy atom. The number of carboxylic acid groups (broad SMARTS) is 1. The molecule has 0 unspecified atom stereocenters. The molecule has 1 aromatic heterocycles. The average molecular weight is 793 g/mol. The van der Waals surface area contributed by atoms with Crippen LogP contribution in [0.4, 0.5) is 27.0 Å². The first-order valence-electron chi connectivity index (χ1n) is 13.6. The maximum atomic E-state index is 13.2. The summed E-state index contributed by atoms with van der Waals surface area (Å²) in [6, 6.07) is 14.8. The molecule has 1 heterocycles. The van der Waals surface area contributed by atoms with Crippen LogP contribution in [0.2, 0.25) is 0 Å². The summed E-state index contributed by atoms with van der Waals surface area (Å²) >= 11 is 0. The third kappa shape index (κ3) is 13.0. The molecule has 0 fully saturated rings. The zero-order chi connectivity index (χ0) is 32.8. The minimum absolute atomic E-state index is 0. The van der Waals surface area contributed by atoms with E-state index in [9.17, 15) is 24.3 Å². The van der Waals surface area contributed by atoms with E-state index in [4.69, 9.17) is 14.2 Å². The van der Waals surface area contributed by atoms with Gasteiger partial charge in [-0.3, -0.25) is 4.79 Å². The first-order valence-corrected chi connectivity index (χ1v) is 13.6. The van der Waals surface area contributed by atoms with Crippen LogP contribution in [-0.2, 0) is 16.0 Å². The molecule has 0 aliphatic heterocycles. The van der Waals surface area contributed by atoms with Crippen LogP contribution in [0.15, 0.2) is 54.6 Å². The smallest absolute Gasteiger partial charge is 0.496 e. The minimum atomic E-state index is -1.69. The molecule has 0 bridgehead atoms. The average Bonchev–Trinajstić information content (AvgIpc) is 2.90. The molecule has 13 nitrogen and oxygen atoms in total. The van der Waals surface area contributed by atoms with Crippen molar-refractivity contribution in [3.05, 3.63) is 93.7 Å². The number of carbonyl (C=O) groups is 4. The van der Waals surface area contributed by atoms with Crippen molar-refractivity contribution in [2.45, 2.75) is 59.3 Å². The van der Waals surface area contributed by atoms with Crippen molar-refractivity contribution < 1.29 is 80.2 Å². The monoisotopic (exact) mass is 792 g/mol. The Morgan fingerprint density at radius 1 is 0.854 bits per heavy atom. The quantitative estimate of drug-likeness (QED) is 0.175. The van der Waals surface area contributed by atoms with Gasteiger partial charge < -0.3 is 51.8 Å². The maximum absolute atomic E-state index is 13.2. The molecule has 0 saturated carbocycles. The van der Waals surface area contributed by atoms with Gasteiger partial charge in [-0.15, -0.1) is 4.90 Å². The van der Waals surface area contributed by atoms with Crippen LogP contribution >= 0.6 is 0 Å². The molecule has 0 saturated heterocycles. The second kappa shape index (κ2) is 19.2. The minimum Gasteiger partial charge on any atom is -0.496 e. The number of methoxy groups -OCH3 is 1. The normalized spacial score (nSPS) is 10.3. The first kappa shape index (κ1) is 46.3. The summed E-state index contributed by atoms with van der Waals surface area (Å²) in [5.74, 6) is -1.30. The summed E-state index contributed by atoms with van der Waals surface area (Å²) in [6.07, 6.45) is -2.91. The molecule has 1 radical (unpaired) electrons. The molecule has 0 aliphatic rings. The topological polar surface area (TPSA) is 160 Å². The van der Waals surface area contributed by atoms with Gasteiger partial charge in [0.1, 0.15) is 28.3 Å². The molecule has 0 atom stereocenters. The molecule has 3 amide bonds. The predicted octanol–water partition coefficient (Wildman–Crippen LogP) is 7.23. The number of hydrogen-bond donors (Lipinski definition) is 2. The number of ether oxygens (including phenoxy) is 3. The number of amides is 3. The van der Waals surface area contributed by atoms with E-state index in [1.54, 1.807) is 97.1 Å². The predicted molar refractivity (Wildman–Crippen MR) is 182 cm³/mol. The zero-order valence-electron chi connectivity index (χ0n) is 29.5. The van der Waals surface area contributed by atoms with Gasteiger partial charge in [-0.05, 0) is 65.8 Å². The van der Waals surface area contributed by atoms with E-state index in [-0.39, 0.29) is 110 Å². The van der Waals surface area contributed by atoms with Gasteiger partial charge in [-0.25, -0.2) is 19.4 Å². The number of benzene rings is 2. The number of esters is 1. The van der Waals surface area contributed by atoms with Crippen LogP contribution in [0.25, 0.3) is 0 Å². The largest absolute Gasteiger partial charge is 3.00 e. The SMILES string of the molecule is COc1cccc(Nc2cc(CN(C)C(=O)c3ccccc3)nc(N(C(=O)O)C(=O)OC(C)(C)C)n2)c1C(=O)OC(C)(C)C.[CH3-].[CH3-].[CH3-].[Ce+3]. The fourth-order valence-corrected chi connectivity index (χ4v) is 3.88. The third-order valence-electron chi connectivity index (χ3n) is 5.61. The van der Waals surface area contributed by atoms with Gasteiger partial charge in [0.05, 0.1) is 25.0 Å². The molecule has 259 valence electrons. The fourth-order valence-electron chi connectivity index (χ4n) is 3.88. The number of rotatable bonds is 8. The molecule has 2 aromatic carbocycles. The van der Waals surface area contributed by atoms with E-state index in [0.717, 1.165) is 0 Å². The Hall–Kier alpha value is -3.82. The van der Waals surface area contributed by atoms with Crippen LogP contribution < -0.4 is 15.0 Å². The van der Waals surface area contributed by atoms with E-state index < -0.39 is 35.3 Å². The Morgan fingerprint density at radius 3 is 1.96 bits per heavy atom. The van der Waals surface area contributed by atoms with Crippen molar-refractivity contribution in [2.75, 3.05) is 24.4 Å². The van der Waals surface area contributed by atoms with Gasteiger partial charge in [0, 0.05) is 18.7 Å². The summed E-state index contributed by atoms with van der Waals surface area (Å²) in [5, 5.41) is 13.0. The van der Waals surface area contributed by atoms with Gasteiger partial charge in [0.2, 0.25) is 5.95 Å². The van der Waals surface area contributed by atoms with Crippen molar-refractivity contribution in [1.29, 1.82) is 0 Å². The number of anilines is 3. The zero-order valence-corrected chi connectivity index (χ0v) is 32.6. The van der Waals surface area contributed by atoms with Crippen molar-refractivity contribution in [3.63, 3.8) is 0 Å². The van der Waals surface area contributed by atoms with Gasteiger partial charge in [-0.2, -0.15) is 4.98 Å². The third-order valence-corrected chi connectivity index (χ3v) is 5.61. The van der Waals surface area contributed by atoms with Crippen molar-refractivity contribution in [1.82, 2.24) is 14.9 Å². The summed E-state index contributed by atoms with van der Waals surface area (Å²) in [6.45, 7) is 9.83. The van der Waals surface area contributed by atoms with E-state index in [0.29, 0.717) is 5.56 Å². The molecule has 2 N–H and O–H groups in total. The number of nitrogens with one attached hydrogen (secondary N) is 1. The number of aromatic nitrogens is 2. The molecule has 48 heavy (non-hydrogen) atoms. The van der Waals surface area contributed by atoms with E-state index in [1.807, 2.05) is 0 Å². The number of carbonyl (C=O) groups excluding carboxylic acids is 3. The Balaban J connectivity index is 0. The van der Waals surface area contributed by atoms with Gasteiger partial charge >= 0.3 is 59.9 Å². The number of nitrogens with zero attached hydrogens (tertiary/aromatic N) is 4. The van der Waals surface area contributed by atoms with E-state index >= 15 is 0 Å². The van der Waals surface area contributed by atoms with Gasteiger partial charge in [0.15, 0.2) is 0 Å². The summed E-state index contributed by atoms with van der Waals surface area (Å²) in [4.78, 5) is 61.6. The van der Waals surface area contributed by atoms with Gasteiger partial charge in [-0.1, -0.05) is 24.3 Å². The van der Waals surface area contributed by atoms with Crippen molar-refractivity contribution >= 4 is 41.5 Å². The Bertz CT molecular complexity index is 1540. The number of imide groups is 1. The molecule has 3 aromatic rings. The summed E-state index contributed by atoms with van der Waals surface area (Å²) in [7, 11) is 2.95. The Labute approximate surface area is 317 Å². The fraction of sp³-hybridized carbons (Fsp3) is 0.324. The van der Waals surface area contributed by atoms with Crippen LogP contribution in [0.5, 0.6) is 5.75 Å². The molecule has 14 heteroatoms. The summed E-state index contributed by atoms with van der Waals surface area (Å²) in [5.41, 5.74) is -0.931. The maximum Gasteiger partial charge on any atom is 3.00 e. The molecular formula is C34H46CeN5O8. The van der Waals surface area contributed by atoms with Gasteiger partial charge in [0.25, 0.3) is 5.91 Å². The van der Waals surface area contributed by atoms with Crippen LogP contribution in [0.1, 0.15) is 68.0 Å². The van der Waals surface area contributed by atoms with E-state index in [2.05, 4.69) is 15.3 Å². The second-order valence-electron chi connectivity index (χ2n) is 11.7. The first-order chi connectivity index (χ1) is 20.5. The Kier molecular flexibility index (Phi) is 18.6. The number of hydrogen-bond acceptors (Lipinski definition) is 10.